The van der Waals surface area contributed by atoms with Gasteiger partial charge in [0.1, 0.15) is 0 Å². The van der Waals surface area contributed by atoms with Crippen molar-refractivity contribution in [2.45, 2.75) is 57.6 Å². The van der Waals surface area contributed by atoms with Gasteiger partial charge < -0.3 is 9.94 Å². The number of hydroxylamine groups is 2. The first-order valence-electron chi connectivity index (χ1n) is 10.0. The van der Waals surface area contributed by atoms with Crippen molar-refractivity contribution in [3.8, 4) is 11.3 Å². The summed E-state index contributed by atoms with van der Waals surface area (Å²) in [6.07, 6.45) is 9.26. The molecule has 5 heteroatoms. The maximum Gasteiger partial charge on any atom is 0.309 e. The highest BCUT2D eigenvalue weighted by atomic mass is 16.6. The fourth-order valence-electron chi connectivity index (χ4n) is 5.04. The third-order valence-electron chi connectivity index (χ3n) is 6.23. The molecular formula is C21H29N3O2. The predicted molar refractivity (Wildman–Crippen MR) is 104 cm³/mol. The Hall–Kier alpha value is -1.69. The summed E-state index contributed by atoms with van der Waals surface area (Å²) >= 11 is 0. The Morgan fingerprint density at radius 1 is 1.19 bits per heavy atom. The minimum atomic E-state index is -0.685. The Labute approximate surface area is 155 Å². The summed E-state index contributed by atoms with van der Waals surface area (Å²) in [7, 11) is 0. The molecule has 0 spiro atoms. The van der Waals surface area contributed by atoms with E-state index in [1.54, 1.807) is 0 Å². The molecule has 0 bridgehead atoms. The van der Waals surface area contributed by atoms with Gasteiger partial charge in [0.25, 0.3) is 0 Å². The highest BCUT2D eigenvalue weighted by molar-refractivity contribution is 5.60. The van der Waals surface area contributed by atoms with Gasteiger partial charge in [-0.1, -0.05) is 43.2 Å². The summed E-state index contributed by atoms with van der Waals surface area (Å²) < 4.78 is 5.88. The van der Waals surface area contributed by atoms with Crippen LogP contribution in [0.4, 0.5) is 5.95 Å². The van der Waals surface area contributed by atoms with E-state index in [0.717, 1.165) is 43.4 Å². The van der Waals surface area contributed by atoms with E-state index in [1.165, 1.54) is 12.8 Å². The molecule has 2 unspecified atom stereocenters. The van der Waals surface area contributed by atoms with Crippen LogP contribution in [0.3, 0.4) is 0 Å². The highest BCUT2D eigenvalue weighted by Crippen LogP contribution is 2.49. The van der Waals surface area contributed by atoms with E-state index in [0.29, 0.717) is 25.0 Å². The van der Waals surface area contributed by atoms with Gasteiger partial charge >= 0.3 is 5.95 Å². The molecule has 2 aromatic rings. The van der Waals surface area contributed by atoms with E-state index in [2.05, 4.69) is 4.98 Å². The second-order valence-electron chi connectivity index (χ2n) is 7.65. The van der Waals surface area contributed by atoms with Gasteiger partial charge in [0.15, 0.2) is 0 Å². The van der Waals surface area contributed by atoms with Crippen LogP contribution < -0.4 is 4.65 Å². The molecular weight excluding hydrogens is 326 g/mol. The Balaban J connectivity index is 1.75. The molecule has 26 heavy (non-hydrogen) atoms. The van der Waals surface area contributed by atoms with Crippen molar-refractivity contribution in [2.24, 2.45) is 5.92 Å². The maximum atomic E-state index is 14.3. The molecule has 1 aromatic carbocycles. The van der Waals surface area contributed by atoms with Crippen LogP contribution in [0.5, 0.6) is 0 Å². The average Bonchev–Trinajstić information content (AvgIpc) is 3.37. The number of nitrogens with zero attached hydrogens (tertiary/aromatic N) is 2. The van der Waals surface area contributed by atoms with Crippen LogP contribution in [0.15, 0.2) is 36.5 Å². The largest absolute Gasteiger partial charge is 0.623 e. The molecule has 2 atom stereocenters. The van der Waals surface area contributed by atoms with Gasteiger partial charge in [0.2, 0.25) is 5.72 Å². The van der Waals surface area contributed by atoms with Crippen LogP contribution in [0, 0.1) is 11.1 Å². The van der Waals surface area contributed by atoms with Gasteiger partial charge in [-0.3, -0.25) is 9.63 Å². The molecule has 2 aliphatic rings. The van der Waals surface area contributed by atoms with Crippen molar-refractivity contribution in [2.75, 3.05) is 13.2 Å². The van der Waals surface area contributed by atoms with Crippen molar-refractivity contribution in [3.63, 3.8) is 0 Å². The third kappa shape index (κ3) is 2.79. The number of hydrogen-bond donors (Lipinski definition) is 1. The summed E-state index contributed by atoms with van der Waals surface area (Å²) in [5, 5.41) is 14.3. The molecule has 5 nitrogen and oxygen atoms in total. The van der Waals surface area contributed by atoms with Crippen molar-refractivity contribution in [3.05, 3.63) is 41.7 Å². The van der Waals surface area contributed by atoms with E-state index in [9.17, 15) is 5.21 Å². The molecule has 1 aliphatic heterocycles. The van der Waals surface area contributed by atoms with Crippen LogP contribution >= 0.6 is 0 Å². The summed E-state index contributed by atoms with van der Waals surface area (Å²) in [5.74, 6) is 0.828. The van der Waals surface area contributed by atoms with Crippen LogP contribution in [-0.4, -0.2) is 28.8 Å². The van der Waals surface area contributed by atoms with E-state index < -0.39 is 10.4 Å². The first-order valence-corrected chi connectivity index (χ1v) is 10.0. The summed E-state index contributed by atoms with van der Waals surface area (Å²) in [5.41, 5.74) is 1.17. The number of aromatic nitrogens is 2. The SMILES string of the molecule is CCOC1(C2CCCC2)CCCC[N+]1([O-])c1nc(-c2ccccc2)c[nH]1. The zero-order chi connectivity index (χ0) is 18.0. The lowest BCUT2D eigenvalue weighted by molar-refractivity contribution is -0.184. The fraction of sp³-hybridized carbons (Fsp3) is 0.571. The minimum Gasteiger partial charge on any atom is -0.623 e. The second-order valence-corrected chi connectivity index (χ2v) is 7.65. The van der Waals surface area contributed by atoms with Gasteiger partial charge in [0.05, 0.1) is 18.8 Å². The predicted octanol–water partition coefficient (Wildman–Crippen LogP) is 4.99. The lowest BCUT2D eigenvalue weighted by Gasteiger charge is -2.58. The molecule has 1 aromatic heterocycles. The number of benzene rings is 1. The first-order chi connectivity index (χ1) is 12.7. The Bertz CT molecular complexity index is 722. The van der Waals surface area contributed by atoms with E-state index in [1.807, 2.05) is 43.5 Å². The number of hydrogen-bond acceptors (Lipinski definition) is 3. The number of ether oxygens (including phenoxy) is 1. The van der Waals surface area contributed by atoms with Gasteiger partial charge in [-0.2, -0.15) is 4.98 Å². The number of nitrogens with one attached hydrogen (secondary N) is 1. The summed E-state index contributed by atoms with van der Waals surface area (Å²) in [6, 6.07) is 10.0. The number of piperidine rings is 1. The normalized spacial score (nSPS) is 29.9. The van der Waals surface area contributed by atoms with Gasteiger partial charge in [-0.25, -0.2) is 0 Å². The van der Waals surface area contributed by atoms with Crippen molar-refractivity contribution < 1.29 is 4.74 Å². The van der Waals surface area contributed by atoms with E-state index in [-0.39, 0.29) is 0 Å². The standard InChI is InChI=1S/C21H29N3O2/c1-2-26-21(18-12-6-7-13-18)14-8-9-15-24(21,25)20-22-16-19(23-20)17-10-4-3-5-11-17/h3-5,10-11,16,18H,2,6-9,12-15H2,1H3,(H,22,23). The Morgan fingerprint density at radius 2 is 1.96 bits per heavy atom. The maximum absolute atomic E-state index is 14.3. The number of imidazole rings is 1. The zero-order valence-electron chi connectivity index (χ0n) is 15.6. The molecule has 1 aliphatic carbocycles. The molecule has 1 N–H and O–H groups in total. The van der Waals surface area contributed by atoms with Crippen molar-refractivity contribution >= 4 is 5.95 Å². The zero-order valence-corrected chi connectivity index (χ0v) is 15.6. The number of quaternary nitrogens is 1. The average molecular weight is 355 g/mol. The van der Waals surface area contributed by atoms with Crippen LogP contribution in [-0.2, 0) is 4.74 Å². The summed E-state index contributed by atoms with van der Waals surface area (Å²) in [6.45, 7) is 3.12. The third-order valence-corrected chi connectivity index (χ3v) is 6.23. The number of aromatic amines is 1. The fourth-order valence-corrected chi connectivity index (χ4v) is 5.04. The minimum absolute atomic E-state index is 0.325. The Morgan fingerprint density at radius 3 is 2.69 bits per heavy atom. The lowest BCUT2D eigenvalue weighted by atomic mass is 9.84. The van der Waals surface area contributed by atoms with Gasteiger partial charge in [0, 0.05) is 24.1 Å². The van der Waals surface area contributed by atoms with Crippen LogP contribution in [0.25, 0.3) is 11.3 Å². The molecule has 1 saturated heterocycles. The molecule has 2 heterocycles. The molecule has 0 radical (unpaired) electrons. The molecule has 0 amide bonds. The lowest BCUT2D eigenvalue weighted by Crippen LogP contribution is -2.69. The highest BCUT2D eigenvalue weighted by Gasteiger charge is 2.57. The van der Waals surface area contributed by atoms with E-state index in [4.69, 9.17) is 9.72 Å². The van der Waals surface area contributed by atoms with E-state index >= 15 is 0 Å². The van der Waals surface area contributed by atoms with Crippen LogP contribution in [0.1, 0.15) is 51.9 Å². The molecule has 4 rings (SSSR count). The molecule has 2 fully saturated rings. The Kier molecular flexibility index (Phi) is 4.86. The smallest absolute Gasteiger partial charge is 0.309 e. The molecule has 140 valence electrons. The number of rotatable bonds is 5. The van der Waals surface area contributed by atoms with Gasteiger partial charge in [-0.15, -0.1) is 0 Å². The summed E-state index contributed by atoms with van der Waals surface area (Å²) in [4.78, 5) is 7.97. The quantitative estimate of drug-likeness (QED) is 0.607. The van der Waals surface area contributed by atoms with Crippen LogP contribution in [0.2, 0.25) is 0 Å². The molecule has 1 saturated carbocycles. The monoisotopic (exact) mass is 355 g/mol. The van der Waals surface area contributed by atoms with Crippen molar-refractivity contribution in [1.29, 1.82) is 0 Å². The second kappa shape index (κ2) is 7.14. The topological polar surface area (TPSA) is 61.0 Å². The van der Waals surface area contributed by atoms with Gasteiger partial charge in [-0.05, 0) is 32.6 Å². The van der Waals surface area contributed by atoms with Crippen molar-refractivity contribution in [1.82, 2.24) is 14.6 Å². The first kappa shape index (κ1) is 17.7. The number of H-pyrrole nitrogens is 1.